The van der Waals surface area contributed by atoms with Crippen LogP contribution in [0.5, 0.6) is 5.75 Å². The first kappa shape index (κ1) is 19.4. The van der Waals surface area contributed by atoms with Gasteiger partial charge in [0.25, 0.3) is 0 Å². The van der Waals surface area contributed by atoms with Crippen molar-refractivity contribution in [2.75, 3.05) is 13.2 Å². The van der Waals surface area contributed by atoms with Crippen LogP contribution in [0.25, 0.3) is 0 Å². The molecule has 0 bridgehead atoms. The standard InChI is InChI=1S/C19H26O6/c1-13(2)24-19(21)15-7-9-16(10-8-15)25-18(20)14(3)23-12-17-6-4-5-11-22-17/h7-10,13-14,17H,4-6,11-12H2,1-3H3. The molecule has 2 unspecified atom stereocenters. The van der Waals surface area contributed by atoms with Crippen molar-refractivity contribution >= 4 is 11.9 Å². The summed E-state index contributed by atoms with van der Waals surface area (Å²) in [7, 11) is 0. The van der Waals surface area contributed by atoms with E-state index in [2.05, 4.69) is 0 Å². The molecule has 1 fully saturated rings. The molecule has 25 heavy (non-hydrogen) atoms. The molecule has 0 aliphatic carbocycles. The number of carbonyl (C=O) groups is 2. The van der Waals surface area contributed by atoms with Gasteiger partial charge in [-0.25, -0.2) is 9.59 Å². The largest absolute Gasteiger partial charge is 0.459 e. The van der Waals surface area contributed by atoms with E-state index in [0.29, 0.717) is 17.9 Å². The van der Waals surface area contributed by atoms with Crippen LogP contribution in [-0.2, 0) is 19.0 Å². The van der Waals surface area contributed by atoms with Crippen LogP contribution in [0.2, 0.25) is 0 Å². The maximum Gasteiger partial charge on any atom is 0.340 e. The van der Waals surface area contributed by atoms with E-state index in [4.69, 9.17) is 18.9 Å². The molecule has 1 aromatic carbocycles. The summed E-state index contributed by atoms with van der Waals surface area (Å²) in [6, 6.07) is 6.25. The van der Waals surface area contributed by atoms with Crippen LogP contribution in [0, 0.1) is 0 Å². The number of esters is 2. The zero-order valence-corrected chi connectivity index (χ0v) is 15.0. The highest BCUT2D eigenvalue weighted by atomic mass is 16.6. The lowest BCUT2D eigenvalue weighted by molar-refractivity contribution is -0.149. The lowest BCUT2D eigenvalue weighted by Crippen LogP contribution is -2.31. The molecule has 0 aromatic heterocycles. The zero-order chi connectivity index (χ0) is 18.2. The van der Waals surface area contributed by atoms with E-state index < -0.39 is 18.0 Å². The Balaban J connectivity index is 1.79. The molecule has 2 atom stereocenters. The van der Waals surface area contributed by atoms with Gasteiger partial charge in [-0.05, 0) is 64.3 Å². The summed E-state index contributed by atoms with van der Waals surface area (Å²) in [6.45, 7) is 6.36. The van der Waals surface area contributed by atoms with E-state index >= 15 is 0 Å². The molecule has 1 heterocycles. The van der Waals surface area contributed by atoms with E-state index in [1.165, 1.54) is 0 Å². The van der Waals surface area contributed by atoms with Crippen molar-refractivity contribution in [3.05, 3.63) is 29.8 Å². The Morgan fingerprint density at radius 3 is 2.48 bits per heavy atom. The number of ether oxygens (including phenoxy) is 4. The minimum atomic E-state index is -0.684. The number of benzene rings is 1. The van der Waals surface area contributed by atoms with E-state index in [0.717, 1.165) is 25.9 Å². The molecule has 138 valence electrons. The van der Waals surface area contributed by atoms with Crippen LogP contribution in [0.4, 0.5) is 0 Å². The van der Waals surface area contributed by atoms with Crippen molar-refractivity contribution < 1.29 is 28.5 Å². The zero-order valence-electron chi connectivity index (χ0n) is 15.0. The third kappa shape index (κ3) is 6.48. The van der Waals surface area contributed by atoms with E-state index in [9.17, 15) is 9.59 Å². The predicted molar refractivity (Wildman–Crippen MR) is 91.6 cm³/mol. The summed E-state index contributed by atoms with van der Waals surface area (Å²) in [6.07, 6.45) is 2.34. The van der Waals surface area contributed by atoms with E-state index in [1.807, 2.05) is 0 Å². The van der Waals surface area contributed by atoms with Crippen molar-refractivity contribution in [1.29, 1.82) is 0 Å². The van der Waals surface area contributed by atoms with Crippen LogP contribution in [0.15, 0.2) is 24.3 Å². The van der Waals surface area contributed by atoms with Gasteiger partial charge in [0.1, 0.15) is 5.75 Å². The first-order chi connectivity index (χ1) is 12.0. The number of hydrogen-bond donors (Lipinski definition) is 0. The lowest BCUT2D eigenvalue weighted by atomic mass is 10.1. The summed E-state index contributed by atoms with van der Waals surface area (Å²) < 4.78 is 21.5. The highest BCUT2D eigenvalue weighted by molar-refractivity contribution is 5.89. The third-order valence-corrected chi connectivity index (χ3v) is 3.79. The summed E-state index contributed by atoms with van der Waals surface area (Å²) in [5, 5.41) is 0. The fraction of sp³-hybridized carbons (Fsp3) is 0.579. The molecule has 2 rings (SSSR count). The van der Waals surface area contributed by atoms with Crippen LogP contribution >= 0.6 is 0 Å². The molecule has 1 aromatic rings. The first-order valence-electron chi connectivity index (χ1n) is 8.71. The minimum Gasteiger partial charge on any atom is -0.459 e. The van der Waals surface area contributed by atoms with Gasteiger partial charge in [-0.15, -0.1) is 0 Å². The van der Waals surface area contributed by atoms with Gasteiger partial charge in [-0.2, -0.15) is 0 Å². The smallest absolute Gasteiger partial charge is 0.340 e. The minimum absolute atomic E-state index is 0.0512. The van der Waals surface area contributed by atoms with Gasteiger partial charge in [0.05, 0.1) is 24.4 Å². The Labute approximate surface area is 148 Å². The molecule has 1 aliphatic rings. The number of carbonyl (C=O) groups excluding carboxylic acids is 2. The van der Waals surface area contributed by atoms with Crippen LogP contribution in [0.1, 0.15) is 50.4 Å². The molecule has 1 aliphatic heterocycles. The van der Waals surface area contributed by atoms with Gasteiger partial charge < -0.3 is 18.9 Å². The second-order valence-corrected chi connectivity index (χ2v) is 6.36. The second kappa shape index (κ2) is 9.53. The molecular weight excluding hydrogens is 324 g/mol. The fourth-order valence-electron chi connectivity index (χ4n) is 2.40. The van der Waals surface area contributed by atoms with Gasteiger partial charge in [-0.1, -0.05) is 0 Å². The monoisotopic (exact) mass is 350 g/mol. The summed E-state index contributed by atoms with van der Waals surface area (Å²) >= 11 is 0. The van der Waals surface area contributed by atoms with Crippen LogP contribution in [-0.4, -0.2) is 43.5 Å². The van der Waals surface area contributed by atoms with E-state index in [1.54, 1.807) is 45.0 Å². The quantitative estimate of drug-likeness (QED) is 0.556. The molecular formula is C19H26O6. The molecule has 0 spiro atoms. The number of rotatable bonds is 7. The Hall–Kier alpha value is -1.92. The number of hydrogen-bond acceptors (Lipinski definition) is 6. The lowest BCUT2D eigenvalue weighted by Gasteiger charge is -2.23. The van der Waals surface area contributed by atoms with Crippen molar-refractivity contribution in [2.24, 2.45) is 0 Å². The molecule has 0 N–H and O–H groups in total. The molecule has 0 radical (unpaired) electrons. The Morgan fingerprint density at radius 2 is 1.88 bits per heavy atom. The summed E-state index contributed by atoms with van der Waals surface area (Å²) in [5.41, 5.74) is 0.409. The first-order valence-corrected chi connectivity index (χ1v) is 8.71. The van der Waals surface area contributed by atoms with Crippen molar-refractivity contribution in [1.82, 2.24) is 0 Å². The Morgan fingerprint density at radius 1 is 1.16 bits per heavy atom. The van der Waals surface area contributed by atoms with Crippen LogP contribution < -0.4 is 4.74 Å². The average molecular weight is 350 g/mol. The molecule has 6 nitrogen and oxygen atoms in total. The SMILES string of the molecule is CC(C)OC(=O)c1ccc(OC(=O)C(C)OCC2CCCCO2)cc1. The second-order valence-electron chi connectivity index (χ2n) is 6.36. The predicted octanol–water partition coefficient (Wildman–Crippen LogP) is 3.13. The van der Waals surface area contributed by atoms with Crippen molar-refractivity contribution in [3.8, 4) is 5.75 Å². The molecule has 1 saturated heterocycles. The van der Waals surface area contributed by atoms with Gasteiger partial charge in [-0.3, -0.25) is 0 Å². The highest BCUT2D eigenvalue weighted by Crippen LogP contribution is 2.16. The molecule has 6 heteroatoms. The maximum atomic E-state index is 12.1. The van der Waals surface area contributed by atoms with Crippen LogP contribution in [0.3, 0.4) is 0 Å². The Bertz CT molecular complexity index is 560. The molecule has 0 amide bonds. The fourth-order valence-corrected chi connectivity index (χ4v) is 2.40. The van der Waals surface area contributed by atoms with Gasteiger partial charge in [0.2, 0.25) is 0 Å². The Kier molecular flexibility index (Phi) is 7.40. The van der Waals surface area contributed by atoms with Gasteiger partial charge >= 0.3 is 11.9 Å². The average Bonchev–Trinajstić information content (AvgIpc) is 2.60. The third-order valence-electron chi connectivity index (χ3n) is 3.79. The summed E-state index contributed by atoms with van der Waals surface area (Å²) in [4.78, 5) is 23.8. The molecule has 0 saturated carbocycles. The van der Waals surface area contributed by atoms with Gasteiger partial charge in [0, 0.05) is 6.61 Å². The van der Waals surface area contributed by atoms with Crippen molar-refractivity contribution in [2.45, 2.75) is 58.3 Å². The summed E-state index contributed by atoms with van der Waals surface area (Å²) in [5.74, 6) is -0.527. The van der Waals surface area contributed by atoms with Crippen molar-refractivity contribution in [3.63, 3.8) is 0 Å². The van der Waals surface area contributed by atoms with Gasteiger partial charge in [0.15, 0.2) is 6.10 Å². The normalized spacial score (nSPS) is 18.6. The topological polar surface area (TPSA) is 71.1 Å². The van der Waals surface area contributed by atoms with E-state index in [-0.39, 0.29) is 12.2 Å². The highest BCUT2D eigenvalue weighted by Gasteiger charge is 2.20. The maximum absolute atomic E-state index is 12.1.